The van der Waals surface area contributed by atoms with E-state index >= 15 is 0 Å². The molecular weight excluding hydrogens is 404 g/mol. The molecule has 0 unspecified atom stereocenters. The summed E-state index contributed by atoms with van der Waals surface area (Å²) in [4.78, 5) is 18.6. The van der Waals surface area contributed by atoms with Gasteiger partial charge in [0.15, 0.2) is 11.4 Å². The molecule has 0 aliphatic rings. The van der Waals surface area contributed by atoms with E-state index in [1.807, 2.05) is 36.4 Å². The first kappa shape index (κ1) is 19.6. The van der Waals surface area contributed by atoms with Crippen molar-refractivity contribution in [3.05, 3.63) is 82.7 Å². The van der Waals surface area contributed by atoms with Crippen LogP contribution < -0.4 is 4.72 Å². The summed E-state index contributed by atoms with van der Waals surface area (Å²) in [5.41, 5.74) is 1.77. The normalized spacial score (nSPS) is 11.3. The van der Waals surface area contributed by atoms with Gasteiger partial charge in [0.25, 0.3) is 5.69 Å². The molecular formula is C20H16N6O3S. The van der Waals surface area contributed by atoms with Crippen LogP contribution in [0.5, 0.6) is 5.88 Å². The Bertz CT molecular complexity index is 1230. The lowest BCUT2D eigenvalue weighted by molar-refractivity contribution is -0.384. The smallest absolute Gasteiger partial charge is 0.296 e. The van der Waals surface area contributed by atoms with Gasteiger partial charge in [0, 0.05) is 29.1 Å². The van der Waals surface area contributed by atoms with Crippen LogP contribution in [0.1, 0.15) is 5.69 Å². The second kappa shape index (κ2) is 8.72. The third-order valence-electron chi connectivity index (χ3n) is 4.23. The fraction of sp³-hybridized carbons (Fsp3) is 0.0500. The molecule has 2 aromatic carbocycles. The Morgan fingerprint density at radius 3 is 2.77 bits per heavy atom. The van der Waals surface area contributed by atoms with Crippen LogP contribution in [-0.4, -0.2) is 20.0 Å². The predicted octanol–water partition coefficient (Wildman–Crippen LogP) is 5.39. The minimum absolute atomic E-state index is 0.110. The first-order valence-electron chi connectivity index (χ1n) is 8.91. The molecule has 0 saturated heterocycles. The fourth-order valence-electron chi connectivity index (χ4n) is 2.81. The lowest BCUT2D eigenvalue weighted by atomic mass is 10.2. The SMILES string of the molecule is O=[N+]([O-])c1ccccc1N=Nc1c(O)[nH]c2ccc(SNCc3ccccn3)cc12. The van der Waals surface area contributed by atoms with E-state index in [4.69, 9.17) is 0 Å². The molecule has 0 aliphatic carbocycles. The molecule has 0 fully saturated rings. The zero-order valence-corrected chi connectivity index (χ0v) is 16.3. The van der Waals surface area contributed by atoms with Gasteiger partial charge < -0.3 is 10.1 Å². The van der Waals surface area contributed by atoms with Crippen molar-refractivity contribution in [2.24, 2.45) is 10.2 Å². The van der Waals surface area contributed by atoms with Crippen molar-refractivity contribution in [1.29, 1.82) is 0 Å². The van der Waals surface area contributed by atoms with Crippen LogP contribution in [0.2, 0.25) is 0 Å². The molecule has 0 amide bonds. The van der Waals surface area contributed by atoms with Crippen molar-refractivity contribution < 1.29 is 10.0 Å². The average Bonchev–Trinajstić information content (AvgIpc) is 3.07. The number of benzene rings is 2. The summed E-state index contributed by atoms with van der Waals surface area (Å²) >= 11 is 1.42. The van der Waals surface area contributed by atoms with Crippen molar-refractivity contribution in [2.75, 3.05) is 0 Å². The summed E-state index contributed by atoms with van der Waals surface area (Å²) in [7, 11) is 0. The lowest BCUT2D eigenvalue weighted by Crippen LogP contribution is -2.04. The van der Waals surface area contributed by atoms with Crippen LogP contribution >= 0.6 is 11.9 Å². The van der Waals surface area contributed by atoms with Gasteiger partial charge in [0.05, 0.1) is 16.1 Å². The van der Waals surface area contributed by atoms with Gasteiger partial charge in [-0.25, -0.2) is 0 Å². The van der Waals surface area contributed by atoms with E-state index in [2.05, 4.69) is 24.9 Å². The molecule has 150 valence electrons. The maximum absolute atomic E-state index is 11.1. The molecule has 0 aliphatic heterocycles. The number of para-hydroxylation sites is 1. The van der Waals surface area contributed by atoms with Gasteiger partial charge in [-0.3, -0.25) is 19.8 Å². The second-order valence-corrected chi connectivity index (χ2v) is 7.18. The number of rotatable bonds is 7. The number of fused-ring (bicyclic) bond motifs is 1. The monoisotopic (exact) mass is 420 g/mol. The van der Waals surface area contributed by atoms with Crippen LogP contribution in [0.4, 0.5) is 17.1 Å². The van der Waals surface area contributed by atoms with E-state index in [1.165, 1.54) is 24.1 Å². The molecule has 4 rings (SSSR count). The highest BCUT2D eigenvalue weighted by Gasteiger charge is 2.14. The van der Waals surface area contributed by atoms with Crippen LogP contribution in [0, 0.1) is 10.1 Å². The molecule has 30 heavy (non-hydrogen) atoms. The van der Waals surface area contributed by atoms with Gasteiger partial charge in [-0.05, 0) is 48.3 Å². The number of nitro benzene ring substituents is 1. The fourth-order valence-corrected chi connectivity index (χ4v) is 3.51. The van der Waals surface area contributed by atoms with Crippen molar-refractivity contribution in [2.45, 2.75) is 11.4 Å². The van der Waals surface area contributed by atoms with E-state index in [1.54, 1.807) is 18.3 Å². The van der Waals surface area contributed by atoms with Crippen molar-refractivity contribution >= 4 is 39.9 Å². The number of nitrogens with one attached hydrogen (secondary N) is 2. The van der Waals surface area contributed by atoms with Gasteiger partial charge >= 0.3 is 0 Å². The molecule has 0 bridgehead atoms. The summed E-state index contributed by atoms with van der Waals surface area (Å²) < 4.78 is 3.24. The Hall–Kier alpha value is -3.76. The highest BCUT2D eigenvalue weighted by atomic mass is 32.2. The Kier molecular flexibility index (Phi) is 5.68. The van der Waals surface area contributed by atoms with Gasteiger partial charge in [-0.15, -0.1) is 10.2 Å². The number of nitro groups is 1. The first-order chi connectivity index (χ1) is 14.6. The molecule has 0 atom stereocenters. The number of aromatic amines is 1. The number of hydrogen-bond donors (Lipinski definition) is 3. The summed E-state index contributed by atoms with van der Waals surface area (Å²) in [6.07, 6.45) is 1.74. The summed E-state index contributed by atoms with van der Waals surface area (Å²) in [6, 6.07) is 17.3. The van der Waals surface area contributed by atoms with Gasteiger partial charge in [-0.2, -0.15) is 0 Å². The standard InChI is InChI=1S/C20H16N6O3S/c27-20-19(25-24-17-6-1-2-7-18(17)26(28)29)15-11-14(8-9-16(15)23-20)30-22-12-13-5-3-4-10-21-13/h1-11,22-23,27H,12H2. The van der Waals surface area contributed by atoms with Gasteiger partial charge in [-0.1, -0.05) is 18.2 Å². The molecule has 0 spiro atoms. The van der Waals surface area contributed by atoms with E-state index in [0.717, 1.165) is 10.6 Å². The maximum Gasteiger partial charge on any atom is 0.296 e. The average molecular weight is 420 g/mol. The molecule has 3 N–H and O–H groups in total. The largest absolute Gasteiger partial charge is 0.493 e. The van der Waals surface area contributed by atoms with Crippen LogP contribution in [0.3, 0.4) is 0 Å². The number of aromatic nitrogens is 2. The Morgan fingerprint density at radius 2 is 1.97 bits per heavy atom. The lowest BCUT2D eigenvalue weighted by Gasteiger charge is -2.04. The third kappa shape index (κ3) is 4.29. The summed E-state index contributed by atoms with van der Waals surface area (Å²) in [6.45, 7) is 0.589. The van der Waals surface area contributed by atoms with E-state index < -0.39 is 4.92 Å². The number of azo groups is 1. The van der Waals surface area contributed by atoms with Crippen molar-refractivity contribution in [3.8, 4) is 5.88 Å². The van der Waals surface area contributed by atoms with Gasteiger partial charge in [0.1, 0.15) is 0 Å². The molecule has 10 heteroatoms. The second-order valence-electron chi connectivity index (χ2n) is 6.22. The zero-order valence-electron chi connectivity index (χ0n) is 15.5. The number of H-pyrrole nitrogens is 1. The van der Waals surface area contributed by atoms with Gasteiger partial charge in [0.2, 0.25) is 5.88 Å². The minimum atomic E-state index is -0.522. The predicted molar refractivity (Wildman–Crippen MR) is 114 cm³/mol. The Labute approximate surface area is 175 Å². The number of nitrogens with zero attached hydrogens (tertiary/aromatic N) is 4. The molecule has 2 aromatic heterocycles. The number of pyridine rings is 1. The minimum Gasteiger partial charge on any atom is -0.493 e. The molecule has 0 saturated carbocycles. The summed E-state index contributed by atoms with van der Waals surface area (Å²) in [5, 5.41) is 30.1. The van der Waals surface area contributed by atoms with E-state index in [0.29, 0.717) is 17.4 Å². The molecule has 9 nitrogen and oxygen atoms in total. The van der Waals surface area contributed by atoms with Crippen molar-refractivity contribution in [3.63, 3.8) is 0 Å². The van der Waals surface area contributed by atoms with Crippen LogP contribution in [0.25, 0.3) is 10.9 Å². The zero-order chi connectivity index (χ0) is 20.9. The molecule has 4 aromatic rings. The van der Waals surface area contributed by atoms with Crippen molar-refractivity contribution in [1.82, 2.24) is 14.7 Å². The van der Waals surface area contributed by atoms with Crippen LogP contribution in [-0.2, 0) is 6.54 Å². The topological polar surface area (TPSA) is 129 Å². The Morgan fingerprint density at radius 1 is 1.13 bits per heavy atom. The summed E-state index contributed by atoms with van der Waals surface area (Å²) in [5.74, 6) is -0.157. The Balaban J connectivity index is 1.57. The maximum atomic E-state index is 11.1. The third-order valence-corrected chi connectivity index (χ3v) is 5.01. The first-order valence-corrected chi connectivity index (χ1v) is 9.73. The number of hydrogen-bond acceptors (Lipinski definition) is 8. The molecule has 0 radical (unpaired) electrons. The van der Waals surface area contributed by atoms with E-state index in [-0.39, 0.29) is 22.9 Å². The molecule has 2 heterocycles. The quantitative estimate of drug-likeness (QED) is 0.159. The van der Waals surface area contributed by atoms with E-state index in [9.17, 15) is 15.2 Å². The highest BCUT2D eigenvalue weighted by molar-refractivity contribution is 7.97. The number of aromatic hydroxyl groups is 1. The highest BCUT2D eigenvalue weighted by Crippen LogP contribution is 2.38. The van der Waals surface area contributed by atoms with Crippen LogP contribution in [0.15, 0.2) is 82.0 Å².